The number of aryl methyl sites for hydroxylation is 1. The van der Waals surface area contributed by atoms with Crippen molar-refractivity contribution in [2.45, 2.75) is 20.3 Å². The molecule has 0 aliphatic carbocycles. The van der Waals surface area contributed by atoms with Gasteiger partial charge in [-0.05, 0) is 55.4 Å². The average Bonchev–Trinajstić information content (AvgIpc) is 3.02. The lowest BCUT2D eigenvalue weighted by Gasteiger charge is -2.13. The molecular formula is C23H22BrN3O3S2. The van der Waals surface area contributed by atoms with Crippen molar-refractivity contribution in [3.8, 4) is 5.75 Å². The van der Waals surface area contributed by atoms with Crippen LogP contribution in [-0.4, -0.2) is 23.5 Å². The van der Waals surface area contributed by atoms with Crippen LogP contribution in [0.2, 0.25) is 0 Å². The van der Waals surface area contributed by atoms with Crippen LogP contribution in [0.5, 0.6) is 5.75 Å². The molecule has 3 aromatic rings. The second kappa shape index (κ2) is 10.7. The van der Waals surface area contributed by atoms with E-state index in [9.17, 15) is 9.59 Å². The van der Waals surface area contributed by atoms with Crippen molar-refractivity contribution in [3.05, 3.63) is 80.1 Å². The number of rotatable bonds is 7. The number of hydrogen-bond donors (Lipinski definition) is 3. The molecule has 1 heterocycles. The first-order valence-corrected chi connectivity index (χ1v) is 11.8. The quantitative estimate of drug-likeness (QED) is 0.374. The van der Waals surface area contributed by atoms with E-state index in [2.05, 4.69) is 26.6 Å². The van der Waals surface area contributed by atoms with Crippen molar-refractivity contribution >= 4 is 61.4 Å². The first kappa shape index (κ1) is 23.9. The molecule has 2 aromatic carbocycles. The van der Waals surface area contributed by atoms with E-state index in [0.717, 1.165) is 20.5 Å². The fourth-order valence-electron chi connectivity index (χ4n) is 3.05. The predicted octanol–water partition coefficient (Wildman–Crippen LogP) is 4.97. The van der Waals surface area contributed by atoms with E-state index < -0.39 is 11.8 Å². The molecule has 9 heteroatoms. The number of thiophene rings is 1. The molecule has 32 heavy (non-hydrogen) atoms. The third-order valence-electron chi connectivity index (χ3n) is 4.76. The molecule has 0 saturated carbocycles. The Balaban J connectivity index is 1.69. The van der Waals surface area contributed by atoms with Crippen molar-refractivity contribution in [1.82, 2.24) is 5.32 Å². The van der Waals surface area contributed by atoms with Crippen LogP contribution in [0, 0.1) is 13.8 Å². The molecule has 0 bridgehead atoms. The molecule has 0 radical (unpaired) electrons. The number of nitrogens with two attached hydrogens (primary N) is 1. The van der Waals surface area contributed by atoms with Crippen LogP contribution in [0.15, 0.2) is 53.0 Å². The number of hydrogen-bond acceptors (Lipinski definition) is 5. The molecule has 1 aromatic heterocycles. The number of benzene rings is 2. The van der Waals surface area contributed by atoms with Crippen LogP contribution in [0.25, 0.3) is 0 Å². The lowest BCUT2D eigenvalue weighted by Crippen LogP contribution is -2.34. The van der Waals surface area contributed by atoms with Crippen molar-refractivity contribution in [2.75, 3.05) is 11.9 Å². The molecule has 0 atom stereocenters. The summed E-state index contributed by atoms with van der Waals surface area (Å²) in [4.78, 5) is 25.7. The molecule has 166 valence electrons. The molecule has 0 aliphatic rings. The van der Waals surface area contributed by atoms with Gasteiger partial charge in [0, 0.05) is 15.8 Å². The predicted molar refractivity (Wildman–Crippen MR) is 136 cm³/mol. The summed E-state index contributed by atoms with van der Waals surface area (Å²) in [6.45, 7) is 4.13. The van der Waals surface area contributed by atoms with Crippen molar-refractivity contribution in [1.29, 1.82) is 0 Å². The Labute approximate surface area is 204 Å². The minimum atomic E-state index is -0.551. The minimum Gasteiger partial charge on any atom is -0.492 e. The molecule has 4 N–H and O–H groups in total. The van der Waals surface area contributed by atoms with E-state index in [1.165, 1.54) is 11.3 Å². The van der Waals surface area contributed by atoms with Gasteiger partial charge in [-0.2, -0.15) is 0 Å². The SMILES string of the molecule is Cc1sc(NC(=S)NC(=O)c2cc(Br)ccc2OCCc2ccccc2)c(C(N)=O)c1C. The number of ether oxygens (including phenoxy) is 1. The molecule has 0 aliphatic heterocycles. The molecule has 0 fully saturated rings. The zero-order valence-corrected chi connectivity index (χ0v) is 20.7. The number of carbonyl (C=O) groups is 2. The summed E-state index contributed by atoms with van der Waals surface area (Å²) in [5, 5.41) is 6.14. The number of primary amides is 1. The van der Waals surface area contributed by atoms with Gasteiger partial charge in [0.2, 0.25) is 0 Å². The maximum absolute atomic E-state index is 12.9. The molecule has 6 nitrogen and oxygen atoms in total. The van der Waals surface area contributed by atoms with Crippen molar-refractivity contribution in [3.63, 3.8) is 0 Å². The van der Waals surface area contributed by atoms with E-state index in [-0.39, 0.29) is 5.11 Å². The van der Waals surface area contributed by atoms with Crippen LogP contribution in [0.4, 0.5) is 5.00 Å². The molecule has 2 amide bonds. The summed E-state index contributed by atoms with van der Waals surface area (Å²) in [5.41, 5.74) is 8.15. The average molecular weight is 532 g/mol. The second-order valence-electron chi connectivity index (χ2n) is 6.98. The number of thiocarbonyl (C=S) groups is 1. The van der Waals surface area contributed by atoms with Gasteiger partial charge >= 0.3 is 0 Å². The third kappa shape index (κ3) is 5.93. The largest absolute Gasteiger partial charge is 0.492 e. The highest BCUT2D eigenvalue weighted by Gasteiger charge is 2.20. The van der Waals surface area contributed by atoms with Crippen LogP contribution >= 0.6 is 39.5 Å². The zero-order valence-electron chi connectivity index (χ0n) is 17.5. The topological polar surface area (TPSA) is 93.4 Å². The lowest BCUT2D eigenvalue weighted by molar-refractivity contribution is 0.0971. The van der Waals surface area contributed by atoms with E-state index in [1.54, 1.807) is 12.1 Å². The van der Waals surface area contributed by atoms with Crippen LogP contribution in [0.3, 0.4) is 0 Å². The maximum Gasteiger partial charge on any atom is 0.261 e. The first-order valence-electron chi connectivity index (χ1n) is 9.74. The summed E-state index contributed by atoms with van der Waals surface area (Å²) in [5.74, 6) is -0.529. The molecule has 0 unspecified atom stereocenters. The summed E-state index contributed by atoms with van der Waals surface area (Å²) in [6.07, 6.45) is 0.713. The van der Waals surface area contributed by atoms with Crippen molar-refractivity contribution < 1.29 is 14.3 Å². The van der Waals surface area contributed by atoms with Gasteiger partial charge in [0.05, 0.1) is 17.7 Å². The van der Waals surface area contributed by atoms with Gasteiger partial charge in [-0.1, -0.05) is 46.3 Å². The zero-order chi connectivity index (χ0) is 23.3. The summed E-state index contributed by atoms with van der Waals surface area (Å²) < 4.78 is 6.62. The van der Waals surface area contributed by atoms with E-state index >= 15 is 0 Å². The van der Waals surface area contributed by atoms with E-state index in [1.807, 2.05) is 50.2 Å². The van der Waals surface area contributed by atoms with Gasteiger partial charge in [0.15, 0.2) is 5.11 Å². The van der Waals surface area contributed by atoms with Gasteiger partial charge in [-0.15, -0.1) is 11.3 Å². The smallest absolute Gasteiger partial charge is 0.261 e. The fourth-order valence-corrected chi connectivity index (χ4v) is 4.74. The normalized spacial score (nSPS) is 10.5. The Hall–Kier alpha value is -2.75. The Kier molecular flexibility index (Phi) is 8.00. The highest BCUT2D eigenvalue weighted by molar-refractivity contribution is 9.10. The highest BCUT2D eigenvalue weighted by Crippen LogP contribution is 2.32. The number of halogens is 1. The Bertz CT molecular complexity index is 1160. The fraction of sp³-hybridized carbons (Fsp3) is 0.174. The van der Waals surface area contributed by atoms with Crippen LogP contribution in [0.1, 0.15) is 36.7 Å². The molecule has 3 rings (SSSR count). The van der Waals surface area contributed by atoms with Gasteiger partial charge in [0.1, 0.15) is 10.8 Å². The maximum atomic E-state index is 12.9. The Morgan fingerprint density at radius 1 is 1.16 bits per heavy atom. The number of amides is 2. The van der Waals surface area contributed by atoms with Gasteiger partial charge in [-0.3, -0.25) is 14.9 Å². The van der Waals surface area contributed by atoms with Crippen LogP contribution < -0.4 is 21.1 Å². The van der Waals surface area contributed by atoms with E-state index in [4.69, 9.17) is 22.7 Å². The van der Waals surface area contributed by atoms with Gasteiger partial charge in [0.25, 0.3) is 11.8 Å². The third-order valence-corrected chi connectivity index (χ3v) is 6.58. The Morgan fingerprint density at radius 3 is 2.56 bits per heavy atom. The van der Waals surface area contributed by atoms with Crippen molar-refractivity contribution in [2.24, 2.45) is 5.73 Å². The molecular weight excluding hydrogens is 510 g/mol. The molecule has 0 saturated heterocycles. The first-order chi connectivity index (χ1) is 15.3. The summed E-state index contributed by atoms with van der Waals surface area (Å²) >= 11 is 10.0. The number of anilines is 1. The summed E-state index contributed by atoms with van der Waals surface area (Å²) in [6, 6.07) is 15.2. The minimum absolute atomic E-state index is 0.0639. The number of carbonyl (C=O) groups excluding carboxylic acids is 2. The van der Waals surface area contributed by atoms with Gasteiger partial charge in [-0.25, -0.2) is 0 Å². The monoisotopic (exact) mass is 531 g/mol. The molecule has 0 spiro atoms. The highest BCUT2D eigenvalue weighted by atomic mass is 79.9. The van der Waals surface area contributed by atoms with E-state index in [0.29, 0.717) is 34.9 Å². The van der Waals surface area contributed by atoms with Gasteiger partial charge < -0.3 is 15.8 Å². The summed E-state index contributed by atoms with van der Waals surface area (Å²) in [7, 11) is 0. The Morgan fingerprint density at radius 2 is 1.88 bits per heavy atom. The van der Waals surface area contributed by atoms with Crippen LogP contribution in [-0.2, 0) is 6.42 Å². The standard InChI is InChI=1S/C23H22BrN3O3S2/c1-13-14(2)32-22(19(13)20(25)28)27-23(31)26-21(29)17-12-16(24)8-9-18(17)30-11-10-15-6-4-3-5-7-15/h3-9,12H,10-11H2,1-2H3,(H2,25,28)(H2,26,27,29,31). The lowest BCUT2D eigenvalue weighted by atomic mass is 10.1. The number of nitrogens with one attached hydrogen (secondary N) is 2. The second-order valence-corrected chi connectivity index (χ2v) is 9.53.